The Bertz CT molecular complexity index is 943. The fourth-order valence-electron chi connectivity index (χ4n) is 7.45. The number of unbranched alkanes of at least 4 members (excludes halogenated alkanes) is 3. The molecular weight excluding hydrogens is 472 g/mol. The number of amides is 2. The SMILES string of the molecule is CC[C@@]12C=CCCOC(=O)[C@@H]1[C@H]1C(=O)N(CCCCCCO)C3C(=O)N(C4CCCCC4)CC=C[C@@]31O2. The fourth-order valence-corrected chi connectivity index (χ4v) is 7.45. The van der Waals surface area contributed by atoms with E-state index in [0.717, 1.165) is 51.4 Å². The van der Waals surface area contributed by atoms with Gasteiger partial charge in [0.15, 0.2) is 0 Å². The highest BCUT2D eigenvalue weighted by atomic mass is 16.6. The van der Waals surface area contributed by atoms with Gasteiger partial charge in [-0.2, -0.15) is 0 Å². The monoisotopic (exact) mass is 514 g/mol. The van der Waals surface area contributed by atoms with Crippen LogP contribution in [-0.4, -0.2) is 82.3 Å². The molecule has 0 radical (unpaired) electrons. The van der Waals surface area contributed by atoms with Gasteiger partial charge in [-0.15, -0.1) is 0 Å². The van der Waals surface area contributed by atoms with Crippen LogP contribution in [0.25, 0.3) is 0 Å². The van der Waals surface area contributed by atoms with Crippen LogP contribution in [-0.2, 0) is 23.9 Å². The van der Waals surface area contributed by atoms with Gasteiger partial charge in [0, 0.05) is 25.7 Å². The van der Waals surface area contributed by atoms with Gasteiger partial charge in [-0.05, 0) is 38.5 Å². The normalized spacial score (nSPS) is 36.1. The average Bonchev–Trinajstić information content (AvgIpc) is 3.24. The Labute approximate surface area is 220 Å². The van der Waals surface area contributed by atoms with Gasteiger partial charge in [0.1, 0.15) is 23.2 Å². The quantitative estimate of drug-likeness (QED) is 0.304. The summed E-state index contributed by atoms with van der Waals surface area (Å²) in [4.78, 5) is 45.8. The molecule has 3 fully saturated rings. The molecule has 37 heavy (non-hydrogen) atoms. The maximum atomic E-state index is 14.4. The van der Waals surface area contributed by atoms with E-state index in [1.165, 1.54) is 6.42 Å². The van der Waals surface area contributed by atoms with Crippen LogP contribution in [0.5, 0.6) is 0 Å². The van der Waals surface area contributed by atoms with Crippen molar-refractivity contribution >= 4 is 17.8 Å². The molecular formula is C29H42N2O6. The van der Waals surface area contributed by atoms with Crippen molar-refractivity contribution in [1.29, 1.82) is 0 Å². The summed E-state index contributed by atoms with van der Waals surface area (Å²) in [7, 11) is 0. The number of aliphatic hydroxyl groups excluding tert-OH is 1. The van der Waals surface area contributed by atoms with Crippen molar-refractivity contribution in [2.75, 3.05) is 26.3 Å². The molecule has 4 heterocycles. The smallest absolute Gasteiger partial charge is 0.313 e. The molecule has 0 aromatic rings. The topological polar surface area (TPSA) is 96.4 Å². The molecule has 8 heteroatoms. The second kappa shape index (κ2) is 10.9. The van der Waals surface area contributed by atoms with Gasteiger partial charge < -0.3 is 24.4 Å². The summed E-state index contributed by atoms with van der Waals surface area (Å²) in [5.41, 5.74) is -2.18. The molecule has 1 spiro atoms. The van der Waals surface area contributed by atoms with E-state index in [1.54, 1.807) is 4.90 Å². The van der Waals surface area contributed by atoms with Crippen molar-refractivity contribution in [1.82, 2.24) is 9.80 Å². The lowest BCUT2D eigenvalue weighted by Crippen LogP contribution is -2.57. The number of esters is 1. The molecule has 2 saturated heterocycles. The number of fused-ring (bicyclic) bond motifs is 2. The lowest BCUT2D eigenvalue weighted by atomic mass is 9.73. The maximum Gasteiger partial charge on any atom is 0.313 e. The first-order valence-electron chi connectivity index (χ1n) is 14.4. The van der Waals surface area contributed by atoms with E-state index in [4.69, 9.17) is 14.6 Å². The van der Waals surface area contributed by atoms with Crippen LogP contribution in [0.4, 0.5) is 0 Å². The Hall–Kier alpha value is -2.19. The van der Waals surface area contributed by atoms with Crippen molar-refractivity contribution < 1.29 is 29.0 Å². The summed E-state index contributed by atoms with van der Waals surface area (Å²) < 4.78 is 12.5. The van der Waals surface area contributed by atoms with Gasteiger partial charge in [-0.1, -0.05) is 63.3 Å². The van der Waals surface area contributed by atoms with Gasteiger partial charge in [-0.25, -0.2) is 0 Å². The fraction of sp³-hybridized carbons (Fsp3) is 0.759. The number of nitrogens with zero attached hydrogens (tertiary/aromatic N) is 2. The van der Waals surface area contributed by atoms with E-state index in [9.17, 15) is 14.4 Å². The van der Waals surface area contributed by atoms with Crippen LogP contribution in [0.3, 0.4) is 0 Å². The van der Waals surface area contributed by atoms with E-state index >= 15 is 0 Å². The predicted octanol–water partition coefficient (Wildman–Crippen LogP) is 3.13. The number of likely N-dealkylation sites (tertiary alicyclic amines) is 1. The number of aliphatic hydroxyl groups is 1. The Morgan fingerprint density at radius 1 is 0.973 bits per heavy atom. The van der Waals surface area contributed by atoms with Crippen LogP contribution >= 0.6 is 0 Å². The molecule has 5 rings (SSSR count). The third-order valence-electron chi connectivity index (χ3n) is 9.26. The molecule has 4 aliphatic heterocycles. The predicted molar refractivity (Wildman–Crippen MR) is 137 cm³/mol. The number of hydrogen-bond donors (Lipinski definition) is 1. The molecule has 2 amide bonds. The highest BCUT2D eigenvalue weighted by Gasteiger charge is 2.75. The minimum atomic E-state index is -1.20. The van der Waals surface area contributed by atoms with Gasteiger partial charge in [0.2, 0.25) is 11.8 Å². The summed E-state index contributed by atoms with van der Waals surface area (Å²) in [6.07, 6.45) is 17.6. The second-order valence-corrected chi connectivity index (χ2v) is 11.3. The van der Waals surface area contributed by atoms with E-state index in [-0.39, 0.29) is 31.1 Å². The summed E-state index contributed by atoms with van der Waals surface area (Å²) in [5, 5.41) is 9.14. The Balaban J connectivity index is 1.54. The van der Waals surface area contributed by atoms with Crippen molar-refractivity contribution in [3.05, 3.63) is 24.3 Å². The first-order valence-corrected chi connectivity index (χ1v) is 14.4. The number of cyclic esters (lactones) is 1. The molecule has 8 nitrogen and oxygen atoms in total. The zero-order valence-electron chi connectivity index (χ0n) is 22.1. The average molecular weight is 515 g/mol. The van der Waals surface area contributed by atoms with Gasteiger partial charge in [0.05, 0.1) is 12.5 Å². The third-order valence-corrected chi connectivity index (χ3v) is 9.26. The molecule has 1 aliphatic carbocycles. The molecule has 0 aromatic heterocycles. The Morgan fingerprint density at radius 2 is 1.76 bits per heavy atom. The zero-order chi connectivity index (χ0) is 26.0. The lowest BCUT2D eigenvalue weighted by Gasteiger charge is -2.40. The second-order valence-electron chi connectivity index (χ2n) is 11.3. The van der Waals surface area contributed by atoms with Crippen molar-refractivity contribution in [2.24, 2.45) is 11.8 Å². The molecule has 1 N–H and O–H groups in total. The zero-order valence-corrected chi connectivity index (χ0v) is 22.1. The van der Waals surface area contributed by atoms with Gasteiger partial charge in [-0.3, -0.25) is 14.4 Å². The number of carbonyl (C=O) groups excluding carboxylic acids is 3. The van der Waals surface area contributed by atoms with Crippen molar-refractivity contribution in [3.63, 3.8) is 0 Å². The molecule has 5 atom stereocenters. The van der Waals surface area contributed by atoms with Crippen molar-refractivity contribution in [2.45, 2.75) is 101 Å². The van der Waals surface area contributed by atoms with E-state index in [1.807, 2.05) is 36.1 Å². The molecule has 0 bridgehead atoms. The van der Waals surface area contributed by atoms with E-state index in [0.29, 0.717) is 25.9 Å². The standard InChI is InChI=1S/C29H42N2O6/c1-2-28-15-8-11-20-36-27(35)23(28)22-25(33)31(17-9-3-4-10-19-32)24-26(34)30(21-13-6-5-7-14-21)18-12-16-29(22,24)37-28/h8,12,15-16,21-24,32H,2-7,9-11,13-14,17-20H2,1H3/t22-,23-,24?,28+,29-/m0/s1. The highest BCUT2D eigenvalue weighted by Crippen LogP contribution is 2.58. The van der Waals surface area contributed by atoms with Crippen LogP contribution in [0.2, 0.25) is 0 Å². The minimum absolute atomic E-state index is 0.0546. The molecule has 1 unspecified atom stereocenters. The summed E-state index contributed by atoms with van der Waals surface area (Å²) >= 11 is 0. The minimum Gasteiger partial charge on any atom is -0.465 e. The molecule has 204 valence electrons. The molecule has 5 aliphatic rings. The maximum absolute atomic E-state index is 14.4. The first-order chi connectivity index (χ1) is 18.0. The van der Waals surface area contributed by atoms with Crippen LogP contribution < -0.4 is 0 Å². The third kappa shape index (κ3) is 4.44. The number of ether oxygens (including phenoxy) is 2. The lowest BCUT2D eigenvalue weighted by molar-refractivity contribution is -0.162. The van der Waals surface area contributed by atoms with Crippen LogP contribution in [0.1, 0.15) is 77.6 Å². The summed E-state index contributed by atoms with van der Waals surface area (Å²) in [5.74, 6) is -2.22. The summed E-state index contributed by atoms with van der Waals surface area (Å²) in [6, 6.07) is -0.622. The largest absolute Gasteiger partial charge is 0.465 e. The van der Waals surface area contributed by atoms with Crippen LogP contribution in [0, 0.1) is 11.8 Å². The van der Waals surface area contributed by atoms with E-state index in [2.05, 4.69) is 0 Å². The Kier molecular flexibility index (Phi) is 7.78. The summed E-state index contributed by atoms with van der Waals surface area (Å²) in [6.45, 7) is 3.34. The van der Waals surface area contributed by atoms with E-state index < -0.39 is 35.0 Å². The van der Waals surface area contributed by atoms with Gasteiger partial charge >= 0.3 is 5.97 Å². The Morgan fingerprint density at radius 3 is 2.51 bits per heavy atom. The van der Waals surface area contributed by atoms with Crippen LogP contribution in [0.15, 0.2) is 24.3 Å². The number of carbonyl (C=O) groups is 3. The number of rotatable bonds is 8. The first kappa shape index (κ1) is 26.4. The highest BCUT2D eigenvalue weighted by molar-refractivity contribution is 5.99. The van der Waals surface area contributed by atoms with Gasteiger partial charge in [0.25, 0.3) is 0 Å². The number of hydrogen-bond acceptors (Lipinski definition) is 6. The molecule has 0 aromatic carbocycles. The van der Waals surface area contributed by atoms with Crippen molar-refractivity contribution in [3.8, 4) is 0 Å². The molecule has 1 saturated carbocycles.